The third kappa shape index (κ3) is 3.99. The number of carbonyl (C=O) groups is 1. The fourth-order valence-corrected chi connectivity index (χ4v) is 2.84. The standard InChI is InChI=1S/C19H21FN4O3/c1-10(2)16(17-11(3)14-7-12(20)5-6-15(14)27-17)24-18(25)23-13-8-21-19(26-4)22-9-13/h5-10,16H,1-4H3,(H2,23,24,25)/t16-/m1/s1. The monoisotopic (exact) mass is 372 g/mol. The Morgan fingerprint density at radius 1 is 1.26 bits per heavy atom. The zero-order valence-corrected chi connectivity index (χ0v) is 15.5. The van der Waals surface area contributed by atoms with Crippen molar-refractivity contribution in [1.29, 1.82) is 0 Å². The number of methoxy groups -OCH3 is 1. The van der Waals surface area contributed by atoms with E-state index < -0.39 is 6.03 Å². The minimum Gasteiger partial charge on any atom is -0.467 e. The van der Waals surface area contributed by atoms with Crippen LogP contribution in [0, 0.1) is 18.7 Å². The number of benzene rings is 1. The summed E-state index contributed by atoms with van der Waals surface area (Å²) in [6.45, 7) is 5.79. The van der Waals surface area contributed by atoms with Crippen molar-refractivity contribution in [2.75, 3.05) is 12.4 Å². The zero-order valence-electron chi connectivity index (χ0n) is 15.5. The average molecular weight is 372 g/mol. The molecule has 1 atom stereocenters. The smallest absolute Gasteiger partial charge is 0.319 e. The van der Waals surface area contributed by atoms with Gasteiger partial charge in [-0.25, -0.2) is 19.2 Å². The maximum absolute atomic E-state index is 13.5. The molecule has 27 heavy (non-hydrogen) atoms. The maximum Gasteiger partial charge on any atom is 0.319 e. The highest BCUT2D eigenvalue weighted by Gasteiger charge is 2.25. The number of ether oxygens (including phenoxy) is 1. The van der Waals surface area contributed by atoms with Crippen molar-refractivity contribution in [3.8, 4) is 6.01 Å². The van der Waals surface area contributed by atoms with Gasteiger partial charge in [-0.1, -0.05) is 13.8 Å². The van der Waals surface area contributed by atoms with Crippen LogP contribution in [-0.2, 0) is 0 Å². The molecule has 142 valence electrons. The van der Waals surface area contributed by atoms with Gasteiger partial charge in [0.15, 0.2) is 0 Å². The van der Waals surface area contributed by atoms with Crippen molar-refractivity contribution < 1.29 is 18.3 Å². The lowest BCUT2D eigenvalue weighted by atomic mass is 9.98. The summed E-state index contributed by atoms with van der Waals surface area (Å²) in [5, 5.41) is 6.28. The molecule has 2 aromatic heterocycles. The first-order valence-electron chi connectivity index (χ1n) is 8.51. The highest BCUT2D eigenvalue weighted by molar-refractivity contribution is 5.89. The number of rotatable bonds is 5. The van der Waals surface area contributed by atoms with Crippen LogP contribution in [-0.4, -0.2) is 23.1 Å². The number of hydrogen-bond donors (Lipinski definition) is 2. The second kappa shape index (κ2) is 7.61. The fourth-order valence-electron chi connectivity index (χ4n) is 2.84. The van der Waals surface area contributed by atoms with Crippen molar-refractivity contribution in [3.63, 3.8) is 0 Å². The topological polar surface area (TPSA) is 89.3 Å². The minimum atomic E-state index is -0.423. The van der Waals surface area contributed by atoms with E-state index in [0.717, 1.165) is 5.56 Å². The normalized spacial score (nSPS) is 12.2. The number of furan rings is 1. The number of carbonyl (C=O) groups excluding carboxylic acids is 1. The van der Waals surface area contributed by atoms with E-state index in [2.05, 4.69) is 20.6 Å². The van der Waals surface area contributed by atoms with Crippen molar-refractivity contribution >= 4 is 22.7 Å². The summed E-state index contributed by atoms with van der Waals surface area (Å²) in [6, 6.07) is 3.78. The second-order valence-electron chi connectivity index (χ2n) is 6.51. The van der Waals surface area contributed by atoms with Crippen LogP contribution in [0.2, 0.25) is 0 Å². The summed E-state index contributed by atoms with van der Waals surface area (Å²) in [6.07, 6.45) is 2.90. The lowest BCUT2D eigenvalue weighted by Crippen LogP contribution is -2.35. The van der Waals surface area contributed by atoms with E-state index in [-0.39, 0.29) is 23.8 Å². The Kier molecular flexibility index (Phi) is 5.25. The Morgan fingerprint density at radius 2 is 1.96 bits per heavy atom. The van der Waals surface area contributed by atoms with Crippen LogP contribution in [0.3, 0.4) is 0 Å². The molecule has 0 fully saturated rings. The highest BCUT2D eigenvalue weighted by atomic mass is 19.1. The van der Waals surface area contributed by atoms with Crippen molar-refractivity contribution in [3.05, 3.63) is 47.7 Å². The maximum atomic E-state index is 13.5. The predicted molar refractivity (Wildman–Crippen MR) is 99.2 cm³/mol. The van der Waals surface area contributed by atoms with Crippen LogP contribution in [0.25, 0.3) is 11.0 Å². The Bertz CT molecular complexity index is 953. The minimum absolute atomic E-state index is 0.0481. The first-order chi connectivity index (χ1) is 12.9. The first-order valence-corrected chi connectivity index (χ1v) is 8.51. The van der Waals surface area contributed by atoms with Gasteiger partial charge in [0.05, 0.1) is 31.2 Å². The first kappa shape index (κ1) is 18.6. The Balaban J connectivity index is 1.81. The van der Waals surface area contributed by atoms with E-state index in [1.54, 1.807) is 6.07 Å². The van der Waals surface area contributed by atoms with Crippen LogP contribution in [0.1, 0.15) is 31.2 Å². The number of nitrogens with zero attached hydrogens (tertiary/aromatic N) is 2. The second-order valence-corrected chi connectivity index (χ2v) is 6.51. The molecule has 0 aliphatic rings. The third-order valence-corrected chi connectivity index (χ3v) is 4.24. The molecule has 3 rings (SSSR count). The summed E-state index contributed by atoms with van der Waals surface area (Å²) in [4.78, 5) is 20.3. The zero-order chi connectivity index (χ0) is 19.6. The van der Waals surface area contributed by atoms with Gasteiger partial charge in [0.2, 0.25) is 0 Å². The van der Waals surface area contributed by atoms with Crippen LogP contribution in [0.4, 0.5) is 14.9 Å². The molecule has 7 nitrogen and oxygen atoms in total. The molecule has 2 amide bonds. The molecular weight excluding hydrogens is 351 g/mol. The van der Waals surface area contributed by atoms with Crippen molar-refractivity contribution in [1.82, 2.24) is 15.3 Å². The number of hydrogen-bond acceptors (Lipinski definition) is 5. The van der Waals surface area contributed by atoms with Gasteiger partial charge in [-0.15, -0.1) is 0 Å². The van der Waals surface area contributed by atoms with Gasteiger partial charge in [-0.3, -0.25) is 0 Å². The summed E-state index contributed by atoms with van der Waals surface area (Å²) in [5.74, 6) is 0.322. The molecule has 2 heterocycles. The van der Waals surface area contributed by atoms with Crippen LogP contribution >= 0.6 is 0 Å². The fraction of sp³-hybridized carbons (Fsp3) is 0.316. The molecule has 0 bridgehead atoms. The van der Waals surface area contributed by atoms with E-state index in [0.29, 0.717) is 22.4 Å². The van der Waals surface area contributed by atoms with Gasteiger partial charge in [0, 0.05) is 10.9 Å². The number of urea groups is 1. The molecule has 0 aliphatic carbocycles. The largest absolute Gasteiger partial charge is 0.467 e. The van der Waals surface area contributed by atoms with Gasteiger partial charge in [-0.05, 0) is 31.0 Å². The average Bonchev–Trinajstić information content (AvgIpc) is 2.96. The molecule has 0 aliphatic heterocycles. The number of aryl methyl sites for hydroxylation is 1. The third-order valence-electron chi connectivity index (χ3n) is 4.24. The van der Waals surface area contributed by atoms with E-state index in [4.69, 9.17) is 9.15 Å². The Labute approximate surface area is 155 Å². The van der Waals surface area contributed by atoms with Gasteiger partial charge in [0.1, 0.15) is 17.2 Å². The summed E-state index contributed by atoms with van der Waals surface area (Å²) < 4.78 is 24.3. The quantitative estimate of drug-likeness (QED) is 0.701. The molecule has 0 saturated heterocycles. The number of fused-ring (bicyclic) bond motifs is 1. The molecular formula is C19H21FN4O3. The molecule has 1 aromatic carbocycles. The number of anilines is 1. The van der Waals surface area contributed by atoms with E-state index in [1.807, 2.05) is 20.8 Å². The molecule has 0 radical (unpaired) electrons. The van der Waals surface area contributed by atoms with Gasteiger partial charge < -0.3 is 19.8 Å². The van der Waals surface area contributed by atoms with E-state index in [9.17, 15) is 9.18 Å². The molecule has 0 unspecified atom stereocenters. The summed E-state index contributed by atoms with van der Waals surface area (Å²) in [5.41, 5.74) is 1.82. The Morgan fingerprint density at radius 3 is 2.59 bits per heavy atom. The number of aromatic nitrogens is 2. The molecule has 0 saturated carbocycles. The lowest BCUT2D eigenvalue weighted by Gasteiger charge is -2.21. The summed E-state index contributed by atoms with van der Waals surface area (Å²) >= 11 is 0. The molecule has 8 heteroatoms. The van der Waals surface area contributed by atoms with E-state index in [1.165, 1.54) is 31.6 Å². The lowest BCUT2D eigenvalue weighted by molar-refractivity contribution is 0.241. The molecule has 2 N–H and O–H groups in total. The van der Waals surface area contributed by atoms with Gasteiger partial charge >= 0.3 is 12.0 Å². The van der Waals surface area contributed by atoms with Crippen LogP contribution < -0.4 is 15.4 Å². The van der Waals surface area contributed by atoms with Gasteiger partial charge in [-0.2, -0.15) is 0 Å². The number of amides is 2. The van der Waals surface area contributed by atoms with E-state index >= 15 is 0 Å². The van der Waals surface area contributed by atoms with Gasteiger partial charge in [0.25, 0.3) is 0 Å². The SMILES string of the molecule is COc1ncc(NC(=O)N[C@@H](c2oc3ccc(F)cc3c2C)C(C)C)cn1. The Hall–Kier alpha value is -3.16. The summed E-state index contributed by atoms with van der Waals surface area (Å²) in [7, 11) is 1.46. The van der Waals surface area contributed by atoms with Crippen molar-refractivity contribution in [2.24, 2.45) is 5.92 Å². The van der Waals surface area contributed by atoms with Crippen LogP contribution in [0.5, 0.6) is 6.01 Å². The van der Waals surface area contributed by atoms with Crippen molar-refractivity contribution in [2.45, 2.75) is 26.8 Å². The predicted octanol–water partition coefficient (Wildman–Crippen LogP) is 4.20. The number of halogens is 1. The highest BCUT2D eigenvalue weighted by Crippen LogP contribution is 2.33. The van der Waals surface area contributed by atoms with Crippen LogP contribution in [0.15, 0.2) is 35.0 Å². The molecule has 0 spiro atoms. The molecule has 3 aromatic rings. The number of nitrogens with one attached hydrogen (secondary N) is 2.